The van der Waals surface area contributed by atoms with Gasteiger partial charge in [-0.1, -0.05) is 19.1 Å². The Balaban J connectivity index is 2.10. The van der Waals surface area contributed by atoms with E-state index in [9.17, 15) is 9.59 Å². The fraction of sp³-hybridized carbons (Fsp3) is 0.667. The molecule has 0 radical (unpaired) electrons. The summed E-state index contributed by atoms with van der Waals surface area (Å²) in [5.41, 5.74) is 5.66. The molecule has 8 heteroatoms. The summed E-state index contributed by atoms with van der Waals surface area (Å²) in [6, 6.07) is -0.588. The first-order valence-corrected chi connectivity index (χ1v) is 6.64. The van der Waals surface area contributed by atoms with Crippen molar-refractivity contribution in [2.75, 3.05) is 13.1 Å². The molecule has 0 aliphatic carbocycles. The number of hydrogen-bond donors (Lipinski definition) is 3. The average molecular weight is 282 g/mol. The lowest BCUT2D eigenvalue weighted by Gasteiger charge is -2.15. The summed E-state index contributed by atoms with van der Waals surface area (Å²) in [7, 11) is 0. The highest BCUT2D eigenvalue weighted by Gasteiger charge is 2.17. The number of aromatic nitrogens is 3. The number of aryl methyl sites for hydroxylation is 1. The van der Waals surface area contributed by atoms with Gasteiger partial charge in [-0.2, -0.15) is 0 Å². The third kappa shape index (κ3) is 5.79. The van der Waals surface area contributed by atoms with Crippen LogP contribution in [0, 0.1) is 5.92 Å². The second-order valence-corrected chi connectivity index (χ2v) is 4.86. The van der Waals surface area contributed by atoms with Crippen LogP contribution in [0.2, 0.25) is 0 Å². The van der Waals surface area contributed by atoms with Crippen LogP contribution in [0.4, 0.5) is 0 Å². The van der Waals surface area contributed by atoms with Crippen LogP contribution in [0.15, 0.2) is 12.4 Å². The minimum atomic E-state index is -0.588. The number of carbonyl (C=O) groups is 2. The van der Waals surface area contributed by atoms with Crippen molar-refractivity contribution in [3.63, 3.8) is 0 Å². The topological polar surface area (TPSA) is 115 Å². The van der Waals surface area contributed by atoms with Gasteiger partial charge in [0.1, 0.15) is 0 Å². The van der Waals surface area contributed by atoms with Crippen LogP contribution >= 0.6 is 0 Å². The van der Waals surface area contributed by atoms with Crippen molar-refractivity contribution < 1.29 is 9.59 Å². The molecule has 0 aromatic carbocycles. The Hall–Kier alpha value is -1.96. The number of amides is 2. The van der Waals surface area contributed by atoms with Gasteiger partial charge in [0, 0.05) is 19.3 Å². The van der Waals surface area contributed by atoms with E-state index in [1.54, 1.807) is 17.1 Å². The van der Waals surface area contributed by atoms with Crippen molar-refractivity contribution in [1.29, 1.82) is 0 Å². The lowest BCUT2D eigenvalue weighted by Crippen LogP contribution is -2.47. The molecule has 112 valence electrons. The van der Waals surface area contributed by atoms with Gasteiger partial charge in [-0.25, -0.2) is 0 Å². The highest BCUT2D eigenvalue weighted by molar-refractivity contribution is 5.87. The molecule has 8 nitrogen and oxygen atoms in total. The molecular weight excluding hydrogens is 260 g/mol. The summed E-state index contributed by atoms with van der Waals surface area (Å²) in [5, 5.41) is 12.7. The Morgan fingerprint density at radius 2 is 2.10 bits per heavy atom. The predicted octanol–water partition coefficient (Wildman–Crippen LogP) is -1.12. The summed E-state index contributed by atoms with van der Waals surface area (Å²) in [6.07, 6.45) is 4.11. The van der Waals surface area contributed by atoms with Crippen LogP contribution in [0.1, 0.15) is 20.3 Å². The second kappa shape index (κ2) is 8.26. The zero-order valence-electron chi connectivity index (χ0n) is 11.9. The van der Waals surface area contributed by atoms with E-state index < -0.39 is 6.04 Å². The number of nitrogens with two attached hydrogens (primary N) is 1. The number of rotatable bonds is 8. The van der Waals surface area contributed by atoms with E-state index in [1.807, 2.05) is 13.8 Å². The van der Waals surface area contributed by atoms with Crippen LogP contribution in [0.5, 0.6) is 0 Å². The normalized spacial score (nSPS) is 12.2. The molecule has 0 saturated heterocycles. The smallest absolute Gasteiger partial charge is 0.239 e. The minimum Gasteiger partial charge on any atom is -0.355 e. The third-order valence-electron chi connectivity index (χ3n) is 2.80. The molecule has 0 aliphatic rings. The number of hydrogen-bond acceptors (Lipinski definition) is 5. The molecule has 1 heterocycles. The minimum absolute atomic E-state index is 0.0424. The maximum absolute atomic E-state index is 11.5. The Morgan fingerprint density at radius 3 is 2.70 bits per heavy atom. The molecule has 1 rings (SSSR count). The number of carbonyl (C=O) groups excluding carboxylic acids is 2. The summed E-state index contributed by atoms with van der Waals surface area (Å²) < 4.78 is 1.69. The van der Waals surface area contributed by atoms with Crippen LogP contribution in [0.25, 0.3) is 0 Å². The van der Waals surface area contributed by atoms with Gasteiger partial charge in [-0.05, 0) is 12.3 Å². The van der Waals surface area contributed by atoms with Crippen LogP contribution in [0.3, 0.4) is 0 Å². The largest absolute Gasteiger partial charge is 0.355 e. The van der Waals surface area contributed by atoms with Crippen molar-refractivity contribution >= 4 is 11.8 Å². The van der Waals surface area contributed by atoms with E-state index in [0.29, 0.717) is 13.1 Å². The molecular formula is C12H22N6O2. The van der Waals surface area contributed by atoms with E-state index in [1.165, 1.54) is 0 Å². The highest BCUT2D eigenvalue weighted by atomic mass is 16.2. The Bertz CT molecular complexity index is 418. The van der Waals surface area contributed by atoms with Gasteiger partial charge in [0.15, 0.2) is 0 Å². The van der Waals surface area contributed by atoms with Crippen LogP contribution in [-0.4, -0.2) is 45.9 Å². The quantitative estimate of drug-likeness (QED) is 0.523. The molecule has 1 aromatic heterocycles. The molecule has 0 bridgehead atoms. The molecule has 0 fully saturated rings. The number of nitrogens with zero attached hydrogens (tertiary/aromatic N) is 3. The maximum atomic E-state index is 11.5. The van der Waals surface area contributed by atoms with E-state index in [0.717, 1.165) is 6.42 Å². The van der Waals surface area contributed by atoms with Crippen molar-refractivity contribution in [3.05, 3.63) is 12.4 Å². The molecule has 2 amide bonds. The van der Waals surface area contributed by atoms with Gasteiger partial charge in [-0.15, -0.1) is 5.10 Å². The Morgan fingerprint density at radius 1 is 1.35 bits per heavy atom. The van der Waals surface area contributed by atoms with Gasteiger partial charge >= 0.3 is 0 Å². The lowest BCUT2D eigenvalue weighted by molar-refractivity contribution is -0.127. The SMILES string of the molecule is CC(C)[C@H](N)C(=O)NCC(=O)NCCCn1ccnn1. The van der Waals surface area contributed by atoms with Crippen molar-refractivity contribution in [2.24, 2.45) is 11.7 Å². The average Bonchev–Trinajstić information content (AvgIpc) is 2.93. The van der Waals surface area contributed by atoms with Gasteiger partial charge < -0.3 is 16.4 Å². The van der Waals surface area contributed by atoms with E-state index in [2.05, 4.69) is 20.9 Å². The highest BCUT2D eigenvalue weighted by Crippen LogP contribution is 1.97. The molecule has 0 saturated carbocycles. The van der Waals surface area contributed by atoms with Gasteiger partial charge in [-0.3, -0.25) is 14.3 Å². The Labute approximate surface area is 118 Å². The fourth-order valence-corrected chi connectivity index (χ4v) is 1.47. The molecule has 0 unspecified atom stereocenters. The zero-order chi connectivity index (χ0) is 15.0. The van der Waals surface area contributed by atoms with Crippen molar-refractivity contribution in [3.8, 4) is 0 Å². The lowest BCUT2D eigenvalue weighted by atomic mass is 10.1. The standard InChI is InChI=1S/C12H22N6O2/c1-9(2)11(13)12(20)15-8-10(19)14-4-3-6-18-7-5-16-17-18/h5,7,9,11H,3-4,6,8,13H2,1-2H3,(H,14,19)(H,15,20)/t11-/m0/s1. The van der Waals surface area contributed by atoms with Crippen LogP contribution in [-0.2, 0) is 16.1 Å². The number of nitrogens with one attached hydrogen (secondary N) is 2. The monoisotopic (exact) mass is 282 g/mol. The molecule has 0 spiro atoms. The summed E-state index contributed by atoms with van der Waals surface area (Å²) in [4.78, 5) is 23.0. The van der Waals surface area contributed by atoms with Gasteiger partial charge in [0.25, 0.3) is 0 Å². The van der Waals surface area contributed by atoms with Gasteiger partial charge in [0.2, 0.25) is 11.8 Å². The zero-order valence-corrected chi connectivity index (χ0v) is 11.9. The summed E-state index contributed by atoms with van der Waals surface area (Å²) in [5.74, 6) is -0.494. The predicted molar refractivity (Wildman–Crippen MR) is 73.5 cm³/mol. The Kier molecular flexibility index (Phi) is 6.65. The first-order valence-electron chi connectivity index (χ1n) is 6.64. The molecule has 20 heavy (non-hydrogen) atoms. The van der Waals surface area contributed by atoms with E-state index >= 15 is 0 Å². The third-order valence-corrected chi connectivity index (χ3v) is 2.80. The first kappa shape index (κ1) is 16.1. The van der Waals surface area contributed by atoms with Crippen molar-refractivity contribution in [2.45, 2.75) is 32.9 Å². The summed E-state index contributed by atoms with van der Waals surface area (Å²) in [6.45, 7) is 4.86. The van der Waals surface area contributed by atoms with Gasteiger partial charge in [0.05, 0.1) is 18.8 Å². The summed E-state index contributed by atoms with van der Waals surface area (Å²) >= 11 is 0. The van der Waals surface area contributed by atoms with Crippen LogP contribution < -0.4 is 16.4 Å². The maximum Gasteiger partial charge on any atom is 0.239 e. The molecule has 1 atom stereocenters. The van der Waals surface area contributed by atoms with E-state index in [4.69, 9.17) is 5.73 Å². The van der Waals surface area contributed by atoms with E-state index in [-0.39, 0.29) is 24.3 Å². The fourth-order valence-electron chi connectivity index (χ4n) is 1.47. The molecule has 0 aliphatic heterocycles. The molecule has 1 aromatic rings. The second-order valence-electron chi connectivity index (χ2n) is 4.86. The first-order chi connectivity index (χ1) is 9.50. The molecule has 4 N–H and O–H groups in total. The van der Waals surface area contributed by atoms with Crippen molar-refractivity contribution in [1.82, 2.24) is 25.6 Å².